The molecule has 1 fully saturated rings. The normalized spacial score (nSPS) is 19.4. The summed E-state index contributed by atoms with van der Waals surface area (Å²) in [5.74, 6) is 0.852. The number of sulfone groups is 1. The third kappa shape index (κ3) is 3.11. The summed E-state index contributed by atoms with van der Waals surface area (Å²) < 4.78 is 37.6. The fourth-order valence-electron chi connectivity index (χ4n) is 3.10. The maximum atomic E-state index is 13.1. The number of hydrogen-bond acceptors (Lipinski definition) is 6. The van der Waals surface area contributed by atoms with E-state index in [2.05, 4.69) is 9.97 Å². The first kappa shape index (κ1) is 16.4. The molecule has 0 unspecified atom stereocenters. The minimum atomic E-state index is -2.96. The molecule has 1 saturated heterocycles. The Balaban J connectivity index is 1.74. The molecule has 2 aromatic heterocycles. The molecule has 1 atom stereocenters. The maximum Gasteiger partial charge on any atom is 0.152 e. The second kappa shape index (κ2) is 6.03. The van der Waals surface area contributed by atoms with E-state index in [9.17, 15) is 12.8 Å². The molecule has 0 radical (unpaired) electrons. The summed E-state index contributed by atoms with van der Waals surface area (Å²) in [5.41, 5.74) is 1.73. The second-order valence-electron chi connectivity index (χ2n) is 6.20. The third-order valence-corrected chi connectivity index (χ3v) is 7.43. The van der Waals surface area contributed by atoms with E-state index < -0.39 is 9.84 Å². The van der Waals surface area contributed by atoms with Gasteiger partial charge in [0, 0.05) is 18.0 Å². The zero-order valence-electron chi connectivity index (χ0n) is 13.5. The lowest BCUT2D eigenvalue weighted by Gasteiger charge is -2.24. The Bertz CT molecular complexity index is 1030. The van der Waals surface area contributed by atoms with Gasteiger partial charge in [0.15, 0.2) is 9.84 Å². The molecule has 5 nitrogen and oxygen atoms in total. The monoisotopic (exact) mass is 377 g/mol. The van der Waals surface area contributed by atoms with E-state index in [1.165, 1.54) is 29.8 Å². The first-order valence-electron chi connectivity index (χ1n) is 7.87. The van der Waals surface area contributed by atoms with Gasteiger partial charge in [-0.1, -0.05) is 12.1 Å². The molecule has 0 amide bonds. The van der Waals surface area contributed by atoms with Crippen LogP contribution in [0.5, 0.6) is 0 Å². The van der Waals surface area contributed by atoms with Crippen molar-refractivity contribution < 1.29 is 12.8 Å². The number of rotatable bonds is 3. The zero-order valence-corrected chi connectivity index (χ0v) is 15.1. The highest BCUT2D eigenvalue weighted by molar-refractivity contribution is 7.91. The lowest BCUT2D eigenvalue weighted by atomic mass is 10.2. The number of benzene rings is 1. The molecule has 0 spiro atoms. The number of fused-ring (bicyclic) bond motifs is 1. The molecule has 0 saturated carbocycles. The van der Waals surface area contributed by atoms with Crippen LogP contribution in [-0.2, 0) is 9.84 Å². The van der Waals surface area contributed by atoms with Crippen molar-refractivity contribution in [3.8, 4) is 10.4 Å². The van der Waals surface area contributed by atoms with Gasteiger partial charge in [-0.3, -0.25) is 0 Å². The molecule has 0 N–H and O–H groups in total. The largest absolute Gasteiger partial charge is 0.354 e. The summed E-state index contributed by atoms with van der Waals surface area (Å²) in [6, 6.07) is 8.22. The van der Waals surface area contributed by atoms with E-state index >= 15 is 0 Å². The molecule has 3 aromatic rings. The van der Waals surface area contributed by atoms with Crippen molar-refractivity contribution in [1.82, 2.24) is 9.97 Å². The summed E-state index contributed by atoms with van der Waals surface area (Å²) in [5, 5.41) is 0. The van der Waals surface area contributed by atoms with Crippen molar-refractivity contribution in [2.24, 2.45) is 0 Å². The Morgan fingerprint density at radius 3 is 2.68 bits per heavy atom. The van der Waals surface area contributed by atoms with Gasteiger partial charge >= 0.3 is 0 Å². The molecule has 1 aliphatic heterocycles. The molecule has 0 bridgehead atoms. The average Bonchev–Trinajstić information content (AvgIpc) is 3.17. The smallest absolute Gasteiger partial charge is 0.152 e. The molecule has 25 heavy (non-hydrogen) atoms. The van der Waals surface area contributed by atoms with E-state index in [-0.39, 0.29) is 23.4 Å². The Morgan fingerprint density at radius 1 is 1.24 bits per heavy atom. The van der Waals surface area contributed by atoms with Crippen LogP contribution in [0.15, 0.2) is 36.7 Å². The van der Waals surface area contributed by atoms with Gasteiger partial charge < -0.3 is 4.90 Å². The minimum absolute atomic E-state index is 0.0699. The highest BCUT2D eigenvalue weighted by Crippen LogP contribution is 2.37. The Kier molecular flexibility index (Phi) is 3.96. The predicted molar refractivity (Wildman–Crippen MR) is 98.3 cm³/mol. The standard InChI is InChI=1S/C17H16FN3O2S2/c1-21(13-6-7-25(22,23)9-13)17-16-14(19-10-20-17)8-15(24-16)11-2-4-12(18)5-3-11/h2-5,8,10,13H,6-7,9H2,1H3/t13-/m1/s1. The Hall–Kier alpha value is -2.06. The van der Waals surface area contributed by atoms with Crippen LogP contribution in [0.25, 0.3) is 20.7 Å². The molecule has 0 aliphatic carbocycles. The first-order valence-corrected chi connectivity index (χ1v) is 10.5. The van der Waals surface area contributed by atoms with Crippen molar-refractivity contribution >= 4 is 37.2 Å². The van der Waals surface area contributed by atoms with Crippen LogP contribution < -0.4 is 4.90 Å². The third-order valence-electron chi connectivity index (χ3n) is 4.51. The van der Waals surface area contributed by atoms with E-state index in [1.54, 1.807) is 12.1 Å². The molecule has 130 valence electrons. The number of hydrogen-bond donors (Lipinski definition) is 0. The molecule has 4 rings (SSSR count). The van der Waals surface area contributed by atoms with Crippen LogP contribution in [0.2, 0.25) is 0 Å². The van der Waals surface area contributed by atoms with Crippen LogP contribution in [0, 0.1) is 5.82 Å². The van der Waals surface area contributed by atoms with Gasteiger partial charge in [0.25, 0.3) is 0 Å². The maximum absolute atomic E-state index is 13.1. The summed E-state index contributed by atoms with van der Waals surface area (Å²) in [6.45, 7) is 0. The van der Waals surface area contributed by atoms with Crippen LogP contribution in [-0.4, -0.2) is 43.0 Å². The van der Waals surface area contributed by atoms with Gasteiger partial charge in [-0.15, -0.1) is 11.3 Å². The van der Waals surface area contributed by atoms with E-state index in [1.807, 2.05) is 18.0 Å². The molecular formula is C17H16FN3O2S2. The minimum Gasteiger partial charge on any atom is -0.354 e. The van der Waals surface area contributed by atoms with Gasteiger partial charge in [0.05, 0.1) is 21.7 Å². The molecule has 1 aromatic carbocycles. The van der Waals surface area contributed by atoms with E-state index in [4.69, 9.17) is 0 Å². The van der Waals surface area contributed by atoms with Crippen LogP contribution in [0.3, 0.4) is 0 Å². The predicted octanol–water partition coefficient (Wildman–Crippen LogP) is 3.12. The van der Waals surface area contributed by atoms with Crippen molar-refractivity contribution in [3.05, 3.63) is 42.5 Å². The first-order chi connectivity index (χ1) is 11.9. The van der Waals surface area contributed by atoms with Crippen molar-refractivity contribution in [1.29, 1.82) is 0 Å². The number of thiophene rings is 1. The highest BCUT2D eigenvalue weighted by Gasteiger charge is 2.32. The number of aromatic nitrogens is 2. The molecular weight excluding hydrogens is 361 g/mol. The molecule has 3 heterocycles. The van der Waals surface area contributed by atoms with Gasteiger partial charge in [-0.25, -0.2) is 22.8 Å². The Labute approximate surface area is 149 Å². The topological polar surface area (TPSA) is 63.2 Å². The summed E-state index contributed by atoms with van der Waals surface area (Å²) >= 11 is 1.53. The van der Waals surface area contributed by atoms with Crippen molar-refractivity contribution in [2.45, 2.75) is 12.5 Å². The Morgan fingerprint density at radius 2 is 2.00 bits per heavy atom. The second-order valence-corrected chi connectivity index (χ2v) is 9.48. The lowest BCUT2D eigenvalue weighted by molar-refractivity contribution is 0.600. The zero-order chi connectivity index (χ0) is 17.6. The van der Waals surface area contributed by atoms with E-state index in [0.717, 1.165) is 26.5 Å². The van der Waals surface area contributed by atoms with E-state index in [0.29, 0.717) is 6.42 Å². The highest BCUT2D eigenvalue weighted by atomic mass is 32.2. The van der Waals surface area contributed by atoms with Crippen LogP contribution in [0.1, 0.15) is 6.42 Å². The van der Waals surface area contributed by atoms with Crippen molar-refractivity contribution in [2.75, 3.05) is 23.5 Å². The van der Waals surface area contributed by atoms with Crippen LogP contribution >= 0.6 is 11.3 Å². The fraction of sp³-hybridized carbons (Fsp3) is 0.294. The SMILES string of the molecule is CN(c1ncnc2cc(-c3ccc(F)cc3)sc12)[C@@H]1CCS(=O)(=O)C1. The van der Waals surface area contributed by atoms with Gasteiger partial charge in [0.1, 0.15) is 18.0 Å². The van der Waals surface area contributed by atoms with Gasteiger partial charge in [-0.05, 0) is 30.2 Å². The van der Waals surface area contributed by atoms with Gasteiger partial charge in [0.2, 0.25) is 0 Å². The van der Waals surface area contributed by atoms with Crippen LogP contribution in [0.4, 0.5) is 10.2 Å². The molecule has 8 heteroatoms. The summed E-state index contributed by atoms with van der Waals surface area (Å²) in [7, 11) is -1.08. The fourth-order valence-corrected chi connectivity index (χ4v) is 6.03. The van der Waals surface area contributed by atoms with Gasteiger partial charge in [-0.2, -0.15) is 0 Å². The lowest BCUT2D eigenvalue weighted by Crippen LogP contribution is -2.33. The van der Waals surface area contributed by atoms with Crippen molar-refractivity contribution in [3.63, 3.8) is 0 Å². The summed E-state index contributed by atoms with van der Waals surface area (Å²) in [4.78, 5) is 11.6. The average molecular weight is 377 g/mol. The summed E-state index contributed by atoms with van der Waals surface area (Å²) in [6.07, 6.45) is 2.11. The number of anilines is 1. The quantitative estimate of drug-likeness (QED) is 0.702. The molecule has 1 aliphatic rings. The number of nitrogens with zero attached hydrogens (tertiary/aromatic N) is 3. The number of halogens is 1.